The van der Waals surface area contributed by atoms with E-state index in [-0.39, 0.29) is 5.69 Å². The van der Waals surface area contributed by atoms with Crippen LogP contribution in [0.3, 0.4) is 0 Å². The monoisotopic (exact) mass is 273 g/mol. The van der Waals surface area contributed by atoms with Crippen LogP contribution in [-0.4, -0.2) is 22.6 Å². The Morgan fingerprint density at radius 3 is 2.70 bits per heavy atom. The Hall–Kier alpha value is -2.30. The van der Waals surface area contributed by atoms with E-state index in [0.29, 0.717) is 12.2 Å². The minimum Gasteiger partial charge on any atom is -0.464 e. The molecule has 0 unspecified atom stereocenters. The molecule has 2 rings (SSSR count). The molecule has 0 aliphatic heterocycles. The quantitative estimate of drug-likeness (QED) is 0.872. The molecule has 0 aliphatic rings. The molecule has 0 saturated carbocycles. The summed E-state index contributed by atoms with van der Waals surface area (Å²) in [6.07, 6.45) is 0.675. The molecule has 1 aromatic carbocycles. The van der Waals surface area contributed by atoms with Crippen LogP contribution in [0, 0.1) is 13.8 Å². The number of carbonyl (C=O) groups excluding carboxylic acids is 1. The molecule has 20 heavy (non-hydrogen) atoms. The maximum atomic E-state index is 11.7. The summed E-state index contributed by atoms with van der Waals surface area (Å²) < 4.78 is 6.55. The molecule has 0 radical (unpaired) electrons. The molecular weight excluding hydrogens is 254 g/mol. The molecule has 5 heteroatoms. The number of imidazole rings is 1. The number of hydrogen-bond donors (Lipinski definition) is 1. The lowest BCUT2D eigenvalue weighted by Crippen LogP contribution is -2.09. The van der Waals surface area contributed by atoms with Gasteiger partial charge < -0.3 is 10.5 Å². The molecule has 106 valence electrons. The molecule has 0 saturated heterocycles. The number of benzene rings is 1. The van der Waals surface area contributed by atoms with Gasteiger partial charge in [-0.3, -0.25) is 4.57 Å². The molecular formula is C15H19N3O2. The molecule has 2 N–H and O–H groups in total. The van der Waals surface area contributed by atoms with E-state index in [1.807, 2.05) is 43.5 Å². The highest BCUT2D eigenvalue weighted by Gasteiger charge is 2.22. The molecule has 0 atom stereocenters. The van der Waals surface area contributed by atoms with Crippen LogP contribution in [0.5, 0.6) is 0 Å². The number of aryl methyl sites for hydroxylation is 2. The maximum absolute atomic E-state index is 11.7. The van der Waals surface area contributed by atoms with Crippen LogP contribution >= 0.6 is 0 Å². The number of aromatic nitrogens is 2. The number of hydrogen-bond acceptors (Lipinski definition) is 4. The Morgan fingerprint density at radius 1 is 1.40 bits per heavy atom. The first kappa shape index (κ1) is 14.1. The van der Waals surface area contributed by atoms with E-state index >= 15 is 0 Å². The molecule has 0 aliphatic carbocycles. The number of methoxy groups -OCH3 is 1. The van der Waals surface area contributed by atoms with Crippen molar-refractivity contribution in [1.82, 2.24) is 9.55 Å². The van der Waals surface area contributed by atoms with E-state index in [2.05, 4.69) is 4.98 Å². The summed E-state index contributed by atoms with van der Waals surface area (Å²) in [5, 5.41) is 0. The van der Waals surface area contributed by atoms with Gasteiger partial charge in [0.25, 0.3) is 0 Å². The van der Waals surface area contributed by atoms with Crippen molar-refractivity contribution in [3.05, 3.63) is 40.8 Å². The van der Waals surface area contributed by atoms with Gasteiger partial charge in [0.1, 0.15) is 11.6 Å². The number of nitrogen functional groups attached to an aromatic ring is 1. The van der Waals surface area contributed by atoms with Gasteiger partial charge in [0.15, 0.2) is 5.69 Å². The zero-order valence-corrected chi connectivity index (χ0v) is 12.2. The second-order valence-corrected chi connectivity index (χ2v) is 4.66. The first-order valence-electron chi connectivity index (χ1n) is 6.53. The zero-order valence-electron chi connectivity index (χ0n) is 12.2. The van der Waals surface area contributed by atoms with Crippen molar-refractivity contribution in [2.24, 2.45) is 0 Å². The van der Waals surface area contributed by atoms with Crippen molar-refractivity contribution in [1.29, 1.82) is 0 Å². The van der Waals surface area contributed by atoms with Gasteiger partial charge in [0.2, 0.25) is 0 Å². The Bertz CT molecular complexity index is 659. The van der Waals surface area contributed by atoms with Crippen LogP contribution in [0.1, 0.15) is 34.4 Å². The van der Waals surface area contributed by atoms with Gasteiger partial charge in [-0.25, -0.2) is 9.78 Å². The van der Waals surface area contributed by atoms with Gasteiger partial charge in [-0.05, 0) is 31.0 Å². The summed E-state index contributed by atoms with van der Waals surface area (Å²) >= 11 is 0. The van der Waals surface area contributed by atoms with Crippen molar-refractivity contribution < 1.29 is 9.53 Å². The summed E-state index contributed by atoms with van der Waals surface area (Å²) in [6, 6.07) is 5.98. The Balaban J connectivity index is 2.70. The summed E-state index contributed by atoms with van der Waals surface area (Å²) in [7, 11) is 1.32. The molecule has 5 nitrogen and oxygen atoms in total. The first-order chi connectivity index (χ1) is 9.51. The Morgan fingerprint density at radius 2 is 2.10 bits per heavy atom. The van der Waals surface area contributed by atoms with Crippen molar-refractivity contribution in [2.75, 3.05) is 12.8 Å². The number of nitrogens with two attached hydrogens (primary N) is 1. The lowest BCUT2D eigenvalue weighted by molar-refractivity contribution is 0.0596. The van der Waals surface area contributed by atoms with E-state index in [1.54, 1.807) is 0 Å². The molecule has 2 aromatic rings. The van der Waals surface area contributed by atoms with Gasteiger partial charge in [-0.1, -0.05) is 19.1 Å². The number of esters is 1. The zero-order chi connectivity index (χ0) is 14.9. The van der Waals surface area contributed by atoms with Crippen LogP contribution in [-0.2, 0) is 11.2 Å². The number of nitrogens with zero attached hydrogens (tertiary/aromatic N) is 2. The third kappa shape index (κ3) is 2.15. The van der Waals surface area contributed by atoms with Crippen molar-refractivity contribution in [3.63, 3.8) is 0 Å². The van der Waals surface area contributed by atoms with Gasteiger partial charge in [0.05, 0.1) is 12.8 Å². The third-order valence-corrected chi connectivity index (χ3v) is 3.49. The van der Waals surface area contributed by atoms with Crippen molar-refractivity contribution in [2.45, 2.75) is 27.2 Å². The molecule has 0 amide bonds. The SMILES string of the molecule is CCc1nc(C(=O)OC)c(N)n1-c1cccc(C)c1C. The average molecular weight is 273 g/mol. The molecule has 0 bridgehead atoms. The molecule has 0 fully saturated rings. The van der Waals surface area contributed by atoms with Crippen LogP contribution in [0.15, 0.2) is 18.2 Å². The minimum atomic E-state index is -0.513. The van der Waals surface area contributed by atoms with Gasteiger partial charge in [-0.2, -0.15) is 0 Å². The number of rotatable bonds is 3. The summed E-state index contributed by atoms with van der Waals surface area (Å²) in [4.78, 5) is 16.0. The Kier molecular flexibility index (Phi) is 3.79. The summed E-state index contributed by atoms with van der Waals surface area (Å²) in [5.41, 5.74) is 9.50. The summed E-state index contributed by atoms with van der Waals surface area (Å²) in [6.45, 7) is 6.05. The smallest absolute Gasteiger partial charge is 0.360 e. The van der Waals surface area contributed by atoms with Crippen LogP contribution in [0.4, 0.5) is 5.82 Å². The fraction of sp³-hybridized carbons (Fsp3) is 0.333. The number of ether oxygens (including phenoxy) is 1. The third-order valence-electron chi connectivity index (χ3n) is 3.49. The van der Waals surface area contributed by atoms with Gasteiger partial charge in [-0.15, -0.1) is 0 Å². The normalized spacial score (nSPS) is 10.6. The largest absolute Gasteiger partial charge is 0.464 e. The summed E-state index contributed by atoms with van der Waals surface area (Å²) in [5.74, 6) is 0.556. The standard InChI is InChI=1S/C15H19N3O2/c1-5-12-17-13(15(19)20-4)14(16)18(12)11-8-6-7-9(2)10(11)3/h6-8H,5,16H2,1-4H3. The number of anilines is 1. The van der Waals surface area contributed by atoms with E-state index in [4.69, 9.17) is 10.5 Å². The van der Waals surface area contributed by atoms with E-state index in [1.165, 1.54) is 7.11 Å². The maximum Gasteiger partial charge on any atom is 0.360 e. The Labute approximate surface area is 118 Å². The second-order valence-electron chi connectivity index (χ2n) is 4.66. The van der Waals surface area contributed by atoms with Crippen molar-refractivity contribution >= 4 is 11.8 Å². The van der Waals surface area contributed by atoms with E-state index in [9.17, 15) is 4.79 Å². The molecule has 0 spiro atoms. The van der Waals surface area contributed by atoms with Crippen molar-refractivity contribution in [3.8, 4) is 5.69 Å². The highest BCUT2D eigenvalue weighted by atomic mass is 16.5. The van der Waals surface area contributed by atoms with E-state index in [0.717, 1.165) is 22.6 Å². The molecule has 1 heterocycles. The van der Waals surface area contributed by atoms with Crippen LogP contribution in [0.2, 0.25) is 0 Å². The number of carbonyl (C=O) groups is 1. The van der Waals surface area contributed by atoms with E-state index < -0.39 is 5.97 Å². The van der Waals surface area contributed by atoms with Crippen LogP contribution < -0.4 is 5.73 Å². The first-order valence-corrected chi connectivity index (χ1v) is 6.53. The van der Waals surface area contributed by atoms with Gasteiger partial charge in [0, 0.05) is 6.42 Å². The fourth-order valence-corrected chi connectivity index (χ4v) is 2.21. The van der Waals surface area contributed by atoms with Crippen LogP contribution in [0.25, 0.3) is 5.69 Å². The minimum absolute atomic E-state index is 0.172. The average Bonchev–Trinajstić information content (AvgIpc) is 2.78. The lowest BCUT2D eigenvalue weighted by Gasteiger charge is -2.13. The fourth-order valence-electron chi connectivity index (χ4n) is 2.21. The lowest BCUT2D eigenvalue weighted by atomic mass is 10.1. The van der Waals surface area contributed by atoms with Gasteiger partial charge >= 0.3 is 5.97 Å². The highest BCUT2D eigenvalue weighted by molar-refractivity contribution is 5.92. The second kappa shape index (κ2) is 5.36. The predicted molar refractivity (Wildman–Crippen MR) is 78.2 cm³/mol. The topological polar surface area (TPSA) is 70.1 Å². The molecule has 1 aromatic heterocycles. The highest BCUT2D eigenvalue weighted by Crippen LogP contribution is 2.25. The predicted octanol–water partition coefficient (Wildman–Crippen LogP) is 2.42.